The van der Waals surface area contributed by atoms with E-state index in [1.807, 2.05) is 0 Å². The molecule has 0 aromatic carbocycles. The van der Waals surface area contributed by atoms with Crippen LogP contribution >= 0.6 is 0 Å². The van der Waals surface area contributed by atoms with E-state index in [1.54, 1.807) is 0 Å². The van der Waals surface area contributed by atoms with Crippen molar-refractivity contribution in [1.82, 2.24) is 9.80 Å². The Balaban J connectivity index is -0.000000120. The van der Waals surface area contributed by atoms with Gasteiger partial charge in [0.05, 0.1) is 23.9 Å². The van der Waals surface area contributed by atoms with Gasteiger partial charge in [-0.3, -0.25) is 9.80 Å². The van der Waals surface area contributed by atoms with Gasteiger partial charge in [-0.2, -0.15) is 0 Å². The number of hydrogen-bond donors (Lipinski definition) is 0. The van der Waals surface area contributed by atoms with Gasteiger partial charge < -0.3 is 45.1 Å². The van der Waals surface area contributed by atoms with Crippen molar-refractivity contribution in [3.8, 4) is 0 Å². The quantitative estimate of drug-likeness (QED) is 0.288. The van der Waals surface area contributed by atoms with E-state index >= 15 is 0 Å². The Morgan fingerprint density at radius 3 is 0.769 bits per heavy atom. The summed E-state index contributed by atoms with van der Waals surface area (Å²) in [5.74, 6) is -6.12. The zero-order valence-electron chi connectivity index (χ0n) is 15.9. The van der Waals surface area contributed by atoms with Gasteiger partial charge in [0, 0.05) is 39.3 Å². The molecule has 1 N–H and O–H groups in total. The molecule has 11 nitrogen and oxygen atoms in total. The number of nitrogens with zero attached hydrogens (tertiary/aromatic N) is 2. The maximum absolute atomic E-state index is 10.4. The summed E-state index contributed by atoms with van der Waals surface area (Å²) in [5.41, 5.74) is 0. The van der Waals surface area contributed by atoms with Crippen LogP contribution in [-0.4, -0.2) is 78.4 Å². The van der Waals surface area contributed by atoms with Gasteiger partial charge in [0.2, 0.25) is 0 Å². The SMILES string of the molecule is O=C([O-])CN(CCN(CC(=O)[O-])CC(=O)[O-])CC(=O)[O-].[Na+].[Na+].[Na+].[Na+].[Na+].[OH-]. The number of hydrogen-bond acceptors (Lipinski definition) is 11. The van der Waals surface area contributed by atoms with Crippen LogP contribution in [0.1, 0.15) is 0 Å². The van der Waals surface area contributed by atoms with Crippen molar-refractivity contribution < 1.29 is 193 Å². The van der Waals surface area contributed by atoms with E-state index in [1.165, 1.54) is 0 Å². The van der Waals surface area contributed by atoms with E-state index in [2.05, 4.69) is 0 Å². The van der Waals surface area contributed by atoms with Crippen molar-refractivity contribution in [2.45, 2.75) is 0 Å². The van der Waals surface area contributed by atoms with Crippen LogP contribution < -0.4 is 168 Å². The van der Waals surface area contributed by atoms with E-state index in [0.717, 1.165) is 9.80 Å². The Bertz CT molecular complexity index is 335. The third-order valence-corrected chi connectivity index (χ3v) is 2.14. The first-order valence-corrected chi connectivity index (χ1v) is 5.44. The van der Waals surface area contributed by atoms with Crippen molar-refractivity contribution >= 4 is 23.9 Å². The number of carbonyl (C=O) groups excluding carboxylic acids is 4. The second-order valence-corrected chi connectivity index (χ2v) is 3.91. The van der Waals surface area contributed by atoms with E-state index in [9.17, 15) is 39.6 Å². The first kappa shape index (κ1) is 46.8. The van der Waals surface area contributed by atoms with Crippen molar-refractivity contribution in [3.05, 3.63) is 0 Å². The molecule has 0 aliphatic heterocycles. The van der Waals surface area contributed by atoms with Crippen LogP contribution in [0.25, 0.3) is 0 Å². The van der Waals surface area contributed by atoms with Gasteiger partial charge in [0.25, 0.3) is 0 Å². The first-order valence-electron chi connectivity index (χ1n) is 5.44. The Kier molecular flexibility index (Phi) is 50.0. The van der Waals surface area contributed by atoms with E-state index < -0.39 is 50.1 Å². The van der Waals surface area contributed by atoms with Crippen molar-refractivity contribution in [3.63, 3.8) is 0 Å². The molecule has 0 aromatic heterocycles. The zero-order chi connectivity index (χ0) is 15.7. The fourth-order valence-electron chi connectivity index (χ4n) is 1.44. The summed E-state index contributed by atoms with van der Waals surface area (Å²) < 4.78 is 0. The summed E-state index contributed by atoms with van der Waals surface area (Å²) in [6.07, 6.45) is 0. The molecule has 0 aromatic rings. The average molecular weight is 420 g/mol. The average Bonchev–Trinajstić information content (AvgIpc) is 2.22. The monoisotopic (exact) mass is 420 g/mol. The smallest absolute Gasteiger partial charge is 0.870 e. The fraction of sp³-hybridized carbons (Fsp3) is 0.600. The Morgan fingerprint density at radius 1 is 0.500 bits per heavy atom. The molecule has 16 heteroatoms. The molecule has 0 bridgehead atoms. The van der Waals surface area contributed by atoms with Gasteiger partial charge in [0.15, 0.2) is 0 Å². The Labute approximate surface area is 261 Å². The summed E-state index contributed by atoms with van der Waals surface area (Å²) in [7, 11) is 0. The molecular formula is C10H13N2Na5O9. The number of rotatable bonds is 11. The van der Waals surface area contributed by atoms with Gasteiger partial charge in [-0.25, -0.2) is 0 Å². The molecule has 0 radical (unpaired) electrons. The molecule has 0 aliphatic carbocycles. The summed E-state index contributed by atoms with van der Waals surface area (Å²) in [5, 5.41) is 41.6. The molecule has 0 saturated carbocycles. The molecule has 0 amide bonds. The number of carbonyl (C=O) groups is 4. The van der Waals surface area contributed by atoms with Crippen LogP contribution in [0.5, 0.6) is 0 Å². The molecule has 0 rings (SSSR count). The first-order chi connectivity index (χ1) is 9.20. The predicted molar refractivity (Wildman–Crippen MR) is 54.8 cm³/mol. The number of aliphatic carboxylic acids is 4. The normalized spacial score (nSPS) is 8.23. The Morgan fingerprint density at radius 2 is 0.654 bits per heavy atom. The topological polar surface area (TPSA) is 197 Å². The van der Waals surface area contributed by atoms with Gasteiger partial charge in [-0.05, 0) is 0 Å². The van der Waals surface area contributed by atoms with Crippen molar-refractivity contribution in [1.29, 1.82) is 0 Å². The summed E-state index contributed by atoms with van der Waals surface area (Å²) in [6.45, 7) is -3.25. The second kappa shape index (κ2) is 27.8. The van der Waals surface area contributed by atoms with E-state index in [4.69, 9.17) is 0 Å². The van der Waals surface area contributed by atoms with E-state index in [0.29, 0.717) is 0 Å². The standard InChI is InChI=1S/C10H16N2O8.5Na.H2O/c13-7(14)3-11(4-8(15)16)1-2-12(5-9(17)18)6-10(19)20;;;;;;/h1-6H2,(H,13,14)(H,15,16)(H,17,18)(H,19,20);;;;;;1H2/q;5*+1;/p-5. The largest absolute Gasteiger partial charge is 1.00 e. The van der Waals surface area contributed by atoms with Crippen LogP contribution in [0.15, 0.2) is 0 Å². The minimum absolute atomic E-state index is 0. The zero-order valence-corrected chi connectivity index (χ0v) is 25.9. The minimum Gasteiger partial charge on any atom is -0.870 e. The van der Waals surface area contributed by atoms with E-state index in [-0.39, 0.29) is 166 Å². The molecule has 0 fully saturated rings. The maximum Gasteiger partial charge on any atom is 1.00 e. The molecule has 0 spiro atoms. The molecule has 0 unspecified atom stereocenters. The van der Waals surface area contributed by atoms with Gasteiger partial charge >= 0.3 is 148 Å². The summed E-state index contributed by atoms with van der Waals surface area (Å²) >= 11 is 0. The van der Waals surface area contributed by atoms with Crippen LogP contribution in [0, 0.1) is 0 Å². The third-order valence-electron chi connectivity index (χ3n) is 2.14. The maximum atomic E-state index is 10.4. The second-order valence-electron chi connectivity index (χ2n) is 3.91. The number of carboxylic acid groups (broad SMARTS) is 4. The minimum atomic E-state index is -1.53. The van der Waals surface area contributed by atoms with Gasteiger partial charge in [-0.15, -0.1) is 0 Å². The molecule has 122 valence electrons. The summed E-state index contributed by atoms with van der Waals surface area (Å²) in [6, 6.07) is 0. The van der Waals surface area contributed by atoms with Crippen LogP contribution in [0.3, 0.4) is 0 Å². The van der Waals surface area contributed by atoms with Crippen molar-refractivity contribution in [2.24, 2.45) is 0 Å². The molecule has 0 atom stereocenters. The Hall–Kier alpha value is 2.76. The molecule has 0 aliphatic rings. The van der Waals surface area contributed by atoms with Crippen LogP contribution in [0.2, 0.25) is 0 Å². The van der Waals surface area contributed by atoms with Gasteiger partial charge in [-0.1, -0.05) is 0 Å². The summed E-state index contributed by atoms with van der Waals surface area (Å²) in [4.78, 5) is 43.4. The predicted octanol–water partition coefficient (Wildman–Crippen LogP) is -22.6. The van der Waals surface area contributed by atoms with Crippen LogP contribution in [0.4, 0.5) is 0 Å². The molecule has 26 heavy (non-hydrogen) atoms. The molecular weight excluding hydrogens is 407 g/mol. The van der Waals surface area contributed by atoms with Crippen LogP contribution in [-0.2, 0) is 19.2 Å². The van der Waals surface area contributed by atoms with Gasteiger partial charge in [0.1, 0.15) is 0 Å². The molecule has 0 saturated heterocycles. The third kappa shape index (κ3) is 31.5. The number of carboxylic acids is 4. The fourth-order valence-corrected chi connectivity index (χ4v) is 1.44. The molecule has 0 heterocycles. The van der Waals surface area contributed by atoms with Crippen molar-refractivity contribution in [2.75, 3.05) is 39.3 Å².